The lowest BCUT2D eigenvalue weighted by Gasteiger charge is -2.31. The molecule has 2 aromatic rings. The Hall–Kier alpha value is -5.18. The van der Waals surface area contributed by atoms with Crippen LogP contribution in [0.3, 0.4) is 0 Å². The standard InChI is InChI=1S/C35H50N6O9/c1-7-27(40-32(45)21(3)36-30(43)23(5)38-34(47)49-19-25-15-11-9-12-16-25)29(42)28(8-2)41-33(46)22(4)37-31(44)24(6)39-35(48)50-20-26-17-13-10-14-18-26/h9-18,21-24,27-29,42H,7-8,19-20H2,1-6H3,(H,36,43)(H,37,44)(H,38,47)(H,39,48)(H,40,45)(H,41,46)/t21-,22-,23-,24-,27-,28-/m0/s1. The van der Waals surface area contributed by atoms with Crippen LogP contribution in [0.4, 0.5) is 9.59 Å². The quantitative estimate of drug-likeness (QED) is 0.121. The Balaban J connectivity index is 1.81. The minimum atomic E-state index is -1.22. The van der Waals surface area contributed by atoms with Crippen LogP contribution in [0.1, 0.15) is 65.5 Å². The number of rotatable bonds is 18. The number of alkyl carbamates (subject to hydrolysis) is 2. The second-order valence-electron chi connectivity index (χ2n) is 11.9. The summed E-state index contributed by atoms with van der Waals surface area (Å²) in [6, 6.07) is 12.4. The van der Waals surface area contributed by atoms with E-state index < -0.39 is 78.2 Å². The SMILES string of the molecule is CC[C@H](NC(=O)[C@H](C)NC(=O)[C@H](C)NC(=O)OCc1ccccc1)C(O)[C@H](CC)NC(=O)[C@H](C)NC(=O)[C@H](C)NC(=O)OCc1ccccc1. The minimum absolute atomic E-state index is 0.0257. The molecule has 0 aromatic heterocycles. The molecule has 6 atom stereocenters. The predicted octanol–water partition coefficient (Wildman–Crippen LogP) is 1.78. The summed E-state index contributed by atoms with van der Waals surface area (Å²) < 4.78 is 10.3. The number of carbonyl (C=O) groups is 6. The van der Waals surface area contributed by atoms with Crippen molar-refractivity contribution in [1.82, 2.24) is 31.9 Å². The Morgan fingerprint density at radius 2 is 0.820 bits per heavy atom. The van der Waals surface area contributed by atoms with Crippen LogP contribution >= 0.6 is 0 Å². The lowest BCUT2D eigenvalue weighted by Crippen LogP contribution is -2.59. The van der Waals surface area contributed by atoms with Gasteiger partial charge in [-0.1, -0.05) is 74.5 Å². The van der Waals surface area contributed by atoms with Crippen LogP contribution in [-0.4, -0.2) is 83.3 Å². The first kappa shape index (κ1) is 41.0. The van der Waals surface area contributed by atoms with Crippen LogP contribution in [0.15, 0.2) is 60.7 Å². The average Bonchev–Trinajstić information content (AvgIpc) is 3.11. The molecule has 2 rings (SSSR count). The zero-order valence-corrected chi connectivity index (χ0v) is 29.4. The Labute approximate surface area is 292 Å². The number of ether oxygens (including phenoxy) is 2. The van der Waals surface area contributed by atoms with Crippen molar-refractivity contribution in [2.75, 3.05) is 0 Å². The molecule has 0 radical (unpaired) electrons. The number of aliphatic hydroxyl groups is 1. The van der Waals surface area contributed by atoms with Crippen LogP contribution < -0.4 is 31.9 Å². The van der Waals surface area contributed by atoms with E-state index in [0.717, 1.165) is 11.1 Å². The normalized spacial score (nSPS) is 14.4. The van der Waals surface area contributed by atoms with Gasteiger partial charge in [-0.05, 0) is 51.7 Å². The van der Waals surface area contributed by atoms with Gasteiger partial charge < -0.3 is 46.5 Å². The van der Waals surface area contributed by atoms with Gasteiger partial charge in [0.05, 0.1) is 18.2 Å². The fraction of sp³-hybridized carbons (Fsp3) is 0.486. The molecular weight excluding hydrogens is 648 g/mol. The summed E-state index contributed by atoms with van der Waals surface area (Å²) in [6.07, 6.45) is -2.23. The molecular formula is C35H50N6O9. The molecule has 0 aliphatic heterocycles. The Morgan fingerprint density at radius 1 is 0.520 bits per heavy atom. The van der Waals surface area contributed by atoms with Crippen molar-refractivity contribution in [1.29, 1.82) is 0 Å². The first-order chi connectivity index (χ1) is 23.7. The molecule has 0 bridgehead atoms. The van der Waals surface area contributed by atoms with Crippen molar-refractivity contribution < 1.29 is 43.3 Å². The van der Waals surface area contributed by atoms with Gasteiger partial charge in [-0.15, -0.1) is 0 Å². The number of nitrogens with one attached hydrogen (secondary N) is 6. The molecule has 0 saturated heterocycles. The Kier molecular flexibility index (Phi) is 17.2. The summed E-state index contributed by atoms with van der Waals surface area (Å²) in [6.45, 7) is 9.32. The Bertz CT molecular complexity index is 1310. The summed E-state index contributed by atoms with van der Waals surface area (Å²) >= 11 is 0. The molecule has 0 spiro atoms. The monoisotopic (exact) mass is 698 g/mol. The number of aliphatic hydroxyl groups excluding tert-OH is 1. The van der Waals surface area contributed by atoms with Crippen molar-refractivity contribution in [3.63, 3.8) is 0 Å². The van der Waals surface area contributed by atoms with E-state index in [4.69, 9.17) is 9.47 Å². The largest absolute Gasteiger partial charge is 0.445 e. The van der Waals surface area contributed by atoms with Crippen molar-refractivity contribution in [2.45, 2.75) is 110 Å². The molecule has 50 heavy (non-hydrogen) atoms. The zero-order valence-electron chi connectivity index (χ0n) is 29.4. The van der Waals surface area contributed by atoms with Gasteiger partial charge in [0.2, 0.25) is 23.6 Å². The van der Waals surface area contributed by atoms with Crippen LogP contribution in [-0.2, 0) is 41.9 Å². The summed E-state index contributed by atoms with van der Waals surface area (Å²) in [5.41, 5.74) is 1.56. The van der Waals surface area contributed by atoms with Crippen LogP contribution in [0, 0.1) is 0 Å². The number of amides is 6. The van der Waals surface area contributed by atoms with E-state index >= 15 is 0 Å². The summed E-state index contributed by atoms with van der Waals surface area (Å²) in [5.74, 6) is -2.43. The minimum Gasteiger partial charge on any atom is -0.445 e. The van der Waals surface area contributed by atoms with Gasteiger partial charge in [0.25, 0.3) is 0 Å². The lowest BCUT2D eigenvalue weighted by molar-refractivity contribution is -0.131. The van der Waals surface area contributed by atoms with Gasteiger partial charge in [-0.2, -0.15) is 0 Å². The molecule has 0 saturated carbocycles. The fourth-order valence-electron chi connectivity index (χ4n) is 4.58. The van der Waals surface area contributed by atoms with Crippen LogP contribution in [0.25, 0.3) is 0 Å². The molecule has 0 unspecified atom stereocenters. The molecule has 274 valence electrons. The maximum absolute atomic E-state index is 12.9. The smallest absolute Gasteiger partial charge is 0.408 e. The van der Waals surface area contributed by atoms with E-state index in [-0.39, 0.29) is 13.2 Å². The third kappa shape index (κ3) is 14.1. The first-order valence-corrected chi connectivity index (χ1v) is 16.6. The summed E-state index contributed by atoms with van der Waals surface area (Å²) in [5, 5.41) is 26.4. The van der Waals surface area contributed by atoms with E-state index in [2.05, 4.69) is 31.9 Å². The van der Waals surface area contributed by atoms with Gasteiger partial charge in [0, 0.05) is 0 Å². The van der Waals surface area contributed by atoms with Gasteiger partial charge >= 0.3 is 12.2 Å². The first-order valence-electron chi connectivity index (χ1n) is 16.6. The molecule has 0 aliphatic carbocycles. The number of carbonyl (C=O) groups excluding carboxylic acids is 6. The van der Waals surface area contributed by atoms with Crippen molar-refractivity contribution in [2.24, 2.45) is 0 Å². The third-order valence-electron chi connectivity index (χ3n) is 7.74. The predicted molar refractivity (Wildman–Crippen MR) is 184 cm³/mol. The molecule has 0 aliphatic rings. The van der Waals surface area contributed by atoms with E-state index in [0.29, 0.717) is 12.8 Å². The van der Waals surface area contributed by atoms with Gasteiger partial charge in [-0.3, -0.25) is 19.2 Å². The van der Waals surface area contributed by atoms with Crippen molar-refractivity contribution in [3.8, 4) is 0 Å². The topological polar surface area (TPSA) is 213 Å². The van der Waals surface area contributed by atoms with E-state index in [1.165, 1.54) is 27.7 Å². The highest BCUT2D eigenvalue weighted by Crippen LogP contribution is 2.09. The average molecular weight is 699 g/mol. The van der Waals surface area contributed by atoms with E-state index in [9.17, 15) is 33.9 Å². The number of benzene rings is 2. The number of hydrogen-bond donors (Lipinski definition) is 7. The van der Waals surface area contributed by atoms with E-state index in [1.807, 2.05) is 12.1 Å². The lowest BCUT2D eigenvalue weighted by atomic mass is 9.98. The van der Waals surface area contributed by atoms with E-state index in [1.54, 1.807) is 62.4 Å². The Morgan fingerprint density at radius 3 is 1.14 bits per heavy atom. The molecule has 15 heteroatoms. The molecule has 7 N–H and O–H groups in total. The van der Waals surface area contributed by atoms with Crippen molar-refractivity contribution >= 4 is 35.8 Å². The number of hydrogen-bond acceptors (Lipinski definition) is 9. The van der Waals surface area contributed by atoms with Crippen LogP contribution in [0.2, 0.25) is 0 Å². The molecule has 0 fully saturated rings. The second-order valence-corrected chi connectivity index (χ2v) is 11.9. The highest BCUT2D eigenvalue weighted by atomic mass is 16.6. The molecule has 15 nitrogen and oxygen atoms in total. The fourth-order valence-corrected chi connectivity index (χ4v) is 4.58. The van der Waals surface area contributed by atoms with Gasteiger partial charge in [0.15, 0.2) is 0 Å². The van der Waals surface area contributed by atoms with Gasteiger partial charge in [-0.25, -0.2) is 9.59 Å². The zero-order chi connectivity index (χ0) is 37.2. The second kappa shape index (κ2) is 21.0. The van der Waals surface area contributed by atoms with Crippen LogP contribution in [0.5, 0.6) is 0 Å². The molecule has 2 aromatic carbocycles. The maximum Gasteiger partial charge on any atom is 0.408 e. The summed E-state index contributed by atoms with van der Waals surface area (Å²) in [4.78, 5) is 75.4. The molecule has 0 heterocycles. The highest BCUT2D eigenvalue weighted by Gasteiger charge is 2.31. The van der Waals surface area contributed by atoms with Gasteiger partial charge in [0.1, 0.15) is 37.4 Å². The highest BCUT2D eigenvalue weighted by molar-refractivity contribution is 5.92. The summed E-state index contributed by atoms with van der Waals surface area (Å²) in [7, 11) is 0. The van der Waals surface area contributed by atoms with Crippen molar-refractivity contribution in [3.05, 3.63) is 71.8 Å². The maximum atomic E-state index is 12.9. The molecule has 6 amide bonds. The third-order valence-corrected chi connectivity index (χ3v) is 7.74.